The Balaban J connectivity index is 1.54. The molecule has 0 aromatic heterocycles. The second-order valence-corrected chi connectivity index (χ2v) is 6.29. The molecule has 0 unspecified atom stereocenters. The largest absolute Gasteiger partial charge is 0.480 e. The van der Waals surface area contributed by atoms with Gasteiger partial charge in [-0.1, -0.05) is 12.1 Å². The number of hydrogen-bond acceptors (Lipinski definition) is 4. The van der Waals surface area contributed by atoms with Gasteiger partial charge < -0.3 is 14.9 Å². The van der Waals surface area contributed by atoms with Gasteiger partial charge in [-0.3, -0.25) is 14.5 Å². The molecule has 0 bridgehead atoms. The number of hydrogen-bond donors (Lipinski definition) is 1. The average Bonchev–Trinajstić information content (AvgIpc) is 3.04. The van der Waals surface area contributed by atoms with Crippen molar-refractivity contribution in [3.05, 3.63) is 30.1 Å². The van der Waals surface area contributed by atoms with E-state index in [1.807, 2.05) is 4.90 Å². The molecule has 2 aliphatic heterocycles. The Kier molecular flexibility index (Phi) is 4.99. The van der Waals surface area contributed by atoms with E-state index < -0.39 is 12.0 Å². The number of carboxylic acids is 1. The van der Waals surface area contributed by atoms with Gasteiger partial charge in [-0.25, -0.2) is 4.39 Å². The molecule has 7 heteroatoms. The zero-order valence-electron chi connectivity index (χ0n) is 13.5. The first-order chi connectivity index (χ1) is 11.6. The van der Waals surface area contributed by atoms with Crippen LogP contribution in [0.1, 0.15) is 12.8 Å². The van der Waals surface area contributed by atoms with Gasteiger partial charge in [0, 0.05) is 26.2 Å². The third-order valence-electron chi connectivity index (χ3n) is 4.81. The SMILES string of the molecule is O=C(O)[C@H]1CCCN1CC(=O)N1CCN(c2ccccc2F)CC1. The lowest BCUT2D eigenvalue weighted by molar-refractivity contribution is -0.143. The number of nitrogens with zero attached hydrogens (tertiary/aromatic N) is 3. The highest BCUT2D eigenvalue weighted by molar-refractivity contribution is 5.80. The number of benzene rings is 1. The van der Waals surface area contributed by atoms with E-state index in [9.17, 15) is 19.1 Å². The van der Waals surface area contributed by atoms with E-state index in [1.54, 1.807) is 28.0 Å². The monoisotopic (exact) mass is 335 g/mol. The molecule has 1 aromatic carbocycles. The summed E-state index contributed by atoms with van der Waals surface area (Å²) in [6, 6.07) is 6.09. The molecule has 24 heavy (non-hydrogen) atoms. The van der Waals surface area contributed by atoms with E-state index in [-0.39, 0.29) is 18.3 Å². The Labute approximate surface area is 140 Å². The molecule has 0 saturated carbocycles. The van der Waals surface area contributed by atoms with Crippen LogP contribution >= 0.6 is 0 Å². The quantitative estimate of drug-likeness (QED) is 0.890. The van der Waals surface area contributed by atoms with Gasteiger partial charge >= 0.3 is 5.97 Å². The minimum Gasteiger partial charge on any atom is -0.480 e. The number of halogens is 1. The van der Waals surface area contributed by atoms with E-state index in [4.69, 9.17) is 0 Å². The van der Waals surface area contributed by atoms with Gasteiger partial charge in [0.05, 0.1) is 12.2 Å². The number of likely N-dealkylation sites (tertiary alicyclic amines) is 1. The first-order valence-corrected chi connectivity index (χ1v) is 8.30. The zero-order chi connectivity index (χ0) is 17.1. The summed E-state index contributed by atoms with van der Waals surface area (Å²) in [4.78, 5) is 29.1. The van der Waals surface area contributed by atoms with Crippen LogP contribution in [0.2, 0.25) is 0 Å². The van der Waals surface area contributed by atoms with E-state index in [0.717, 1.165) is 6.42 Å². The summed E-state index contributed by atoms with van der Waals surface area (Å²) in [6.07, 6.45) is 1.41. The van der Waals surface area contributed by atoms with Crippen molar-refractivity contribution in [1.29, 1.82) is 0 Å². The number of rotatable bonds is 4. The highest BCUT2D eigenvalue weighted by Gasteiger charge is 2.33. The van der Waals surface area contributed by atoms with Gasteiger partial charge in [-0.05, 0) is 31.5 Å². The lowest BCUT2D eigenvalue weighted by Crippen LogP contribution is -2.52. The fourth-order valence-electron chi connectivity index (χ4n) is 3.47. The van der Waals surface area contributed by atoms with Crippen molar-refractivity contribution in [2.75, 3.05) is 44.2 Å². The number of anilines is 1. The van der Waals surface area contributed by atoms with Crippen molar-refractivity contribution < 1.29 is 19.1 Å². The number of amides is 1. The van der Waals surface area contributed by atoms with Gasteiger partial charge in [0.2, 0.25) is 5.91 Å². The lowest BCUT2D eigenvalue weighted by Gasteiger charge is -2.37. The van der Waals surface area contributed by atoms with Crippen LogP contribution in [0.15, 0.2) is 24.3 Å². The van der Waals surface area contributed by atoms with Crippen LogP contribution in [-0.4, -0.2) is 72.1 Å². The molecule has 2 heterocycles. The molecular weight excluding hydrogens is 313 g/mol. The van der Waals surface area contributed by atoms with Crippen LogP contribution in [0.4, 0.5) is 10.1 Å². The summed E-state index contributed by atoms with van der Waals surface area (Å²) in [5.74, 6) is -1.15. The van der Waals surface area contributed by atoms with Crippen molar-refractivity contribution >= 4 is 17.6 Å². The van der Waals surface area contributed by atoms with E-state index in [1.165, 1.54) is 6.07 Å². The van der Waals surface area contributed by atoms with Crippen molar-refractivity contribution in [2.24, 2.45) is 0 Å². The smallest absolute Gasteiger partial charge is 0.320 e. The molecule has 1 N–H and O–H groups in total. The van der Waals surface area contributed by atoms with Crippen molar-refractivity contribution in [1.82, 2.24) is 9.80 Å². The van der Waals surface area contributed by atoms with Crippen LogP contribution in [0.5, 0.6) is 0 Å². The summed E-state index contributed by atoms with van der Waals surface area (Å²) in [6.45, 7) is 3.01. The second kappa shape index (κ2) is 7.17. The summed E-state index contributed by atoms with van der Waals surface area (Å²) >= 11 is 0. The molecule has 3 rings (SSSR count). The van der Waals surface area contributed by atoms with Gasteiger partial charge in [0.25, 0.3) is 0 Å². The minimum absolute atomic E-state index is 0.0451. The summed E-state index contributed by atoms with van der Waals surface area (Å²) in [5.41, 5.74) is 0.565. The predicted molar refractivity (Wildman–Crippen MR) is 87.4 cm³/mol. The van der Waals surface area contributed by atoms with Crippen molar-refractivity contribution in [3.63, 3.8) is 0 Å². The lowest BCUT2D eigenvalue weighted by atomic mass is 10.2. The molecule has 1 aromatic rings. The molecule has 130 valence electrons. The Morgan fingerprint density at radius 2 is 1.83 bits per heavy atom. The highest BCUT2D eigenvalue weighted by atomic mass is 19.1. The summed E-state index contributed by atoms with van der Waals surface area (Å²) < 4.78 is 13.8. The van der Waals surface area contributed by atoms with Crippen LogP contribution in [0, 0.1) is 5.82 Å². The number of para-hydroxylation sites is 1. The molecule has 0 spiro atoms. The van der Waals surface area contributed by atoms with Crippen LogP contribution in [-0.2, 0) is 9.59 Å². The molecule has 0 aliphatic carbocycles. The average molecular weight is 335 g/mol. The molecule has 0 radical (unpaired) electrons. The number of aliphatic carboxylic acids is 1. The van der Waals surface area contributed by atoms with E-state index in [2.05, 4.69) is 0 Å². The number of carbonyl (C=O) groups excluding carboxylic acids is 1. The maximum absolute atomic E-state index is 13.8. The van der Waals surface area contributed by atoms with Crippen molar-refractivity contribution in [2.45, 2.75) is 18.9 Å². The first-order valence-electron chi connectivity index (χ1n) is 8.30. The maximum Gasteiger partial charge on any atom is 0.320 e. The Morgan fingerprint density at radius 3 is 2.50 bits per heavy atom. The zero-order valence-corrected chi connectivity index (χ0v) is 13.5. The molecular formula is C17H22FN3O3. The molecule has 2 saturated heterocycles. The molecule has 1 atom stereocenters. The molecule has 2 fully saturated rings. The third-order valence-corrected chi connectivity index (χ3v) is 4.81. The Morgan fingerprint density at radius 1 is 1.12 bits per heavy atom. The predicted octanol–water partition coefficient (Wildman–Crippen LogP) is 1.02. The summed E-state index contributed by atoms with van der Waals surface area (Å²) in [5, 5.41) is 9.18. The molecule has 6 nitrogen and oxygen atoms in total. The van der Waals surface area contributed by atoms with E-state index >= 15 is 0 Å². The van der Waals surface area contributed by atoms with Gasteiger partial charge in [-0.2, -0.15) is 0 Å². The summed E-state index contributed by atoms with van der Waals surface area (Å²) in [7, 11) is 0. The standard InChI is InChI=1S/C17H22FN3O3/c18-13-4-1-2-5-14(13)19-8-10-20(11-9-19)16(22)12-21-7-3-6-15(21)17(23)24/h1-2,4-5,15H,3,6-12H2,(H,23,24)/t15-/m1/s1. The maximum atomic E-state index is 13.8. The number of carboxylic acid groups (broad SMARTS) is 1. The Hall–Kier alpha value is -2.15. The van der Waals surface area contributed by atoms with Gasteiger partial charge in [0.15, 0.2) is 0 Å². The van der Waals surface area contributed by atoms with E-state index in [0.29, 0.717) is 44.8 Å². The second-order valence-electron chi connectivity index (χ2n) is 6.29. The van der Waals surface area contributed by atoms with Gasteiger partial charge in [-0.15, -0.1) is 0 Å². The molecule has 1 amide bonds. The van der Waals surface area contributed by atoms with Crippen LogP contribution < -0.4 is 4.90 Å². The van der Waals surface area contributed by atoms with Crippen molar-refractivity contribution in [3.8, 4) is 0 Å². The topological polar surface area (TPSA) is 64.1 Å². The first kappa shape index (κ1) is 16.7. The fraction of sp³-hybridized carbons (Fsp3) is 0.529. The molecule has 2 aliphatic rings. The number of piperazine rings is 1. The van der Waals surface area contributed by atoms with Crippen LogP contribution in [0.25, 0.3) is 0 Å². The van der Waals surface area contributed by atoms with Crippen LogP contribution in [0.3, 0.4) is 0 Å². The normalized spacial score (nSPS) is 22.0. The Bertz CT molecular complexity index is 617. The highest BCUT2D eigenvalue weighted by Crippen LogP contribution is 2.21. The van der Waals surface area contributed by atoms with Gasteiger partial charge in [0.1, 0.15) is 11.9 Å². The minimum atomic E-state index is -0.857. The third kappa shape index (κ3) is 3.51. The number of carbonyl (C=O) groups is 2. The fourth-order valence-corrected chi connectivity index (χ4v) is 3.47.